The SMILES string of the molecule is CCOCCCN(C(=O)c1ccco1)C(C)C(=O)c1c(C)c(C(=O)OCC)n(C)c1C. The number of carbonyl (C=O) groups is 3. The summed E-state index contributed by atoms with van der Waals surface area (Å²) in [5, 5.41) is 0. The molecule has 0 aliphatic heterocycles. The lowest BCUT2D eigenvalue weighted by Gasteiger charge is -2.28. The van der Waals surface area contributed by atoms with Crippen LogP contribution in [0.1, 0.15) is 69.9 Å². The number of hydrogen-bond donors (Lipinski definition) is 0. The molecule has 0 saturated heterocycles. The predicted molar refractivity (Wildman–Crippen MR) is 115 cm³/mol. The van der Waals surface area contributed by atoms with E-state index in [1.54, 1.807) is 51.4 Å². The van der Waals surface area contributed by atoms with Crippen LogP contribution in [0.5, 0.6) is 0 Å². The van der Waals surface area contributed by atoms with E-state index < -0.39 is 12.0 Å². The lowest BCUT2D eigenvalue weighted by Crippen LogP contribution is -2.44. The second kappa shape index (κ2) is 10.9. The molecule has 2 rings (SSSR count). The zero-order chi connectivity index (χ0) is 23.1. The Kier molecular flexibility index (Phi) is 8.62. The summed E-state index contributed by atoms with van der Waals surface area (Å²) in [5.41, 5.74) is 1.97. The van der Waals surface area contributed by atoms with Crippen molar-refractivity contribution in [3.05, 3.63) is 46.7 Å². The van der Waals surface area contributed by atoms with Crippen molar-refractivity contribution in [1.82, 2.24) is 9.47 Å². The number of Topliss-reactive ketones (excluding diaryl/α,β-unsaturated/α-hetero) is 1. The highest BCUT2D eigenvalue weighted by atomic mass is 16.5. The number of ketones is 1. The van der Waals surface area contributed by atoms with Crippen molar-refractivity contribution in [1.29, 1.82) is 0 Å². The van der Waals surface area contributed by atoms with Crippen LogP contribution in [0.15, 0.2) is 22.8 Å². The molecule has 0 N–H and O–H groups in total. The highest BCUT2D eigenvalue weighted by Gasteiger charge is 2.33. The summed E-state index contributed by atoms with van der Waals surface area (Å²) in [5.74, 6) is -0.904. The highest BCUT2D eigenvalue weighted by Crippen LogP contribution is 2.25. The van der Waals surface area contributed by atoms with Crippen molar-refractivity contribution in [3.63, 3.8) is 0 Å². The third kappa shape index (κ3) is 5.25. The average molecular weight is 433 g/mol. The first-order valence-corrected chi connectivity index (χ1v) is 10.6. The van der Waals surface area contributed by atoms with Gasteiger partial charge in [0.25, 0.3) is 5.91 Å². The molecule has 8 heteroatoms. The minimum absolute atomic E-state index is 0.171. The van der Waals surface area contributed by atoms with E-state index in [1.165, 1.54) is 11.2 Å². The van der Waals surface area contributed by atoms with E-state index in [0.29, 0.717) is 48.7 Å². The summed E-state index contributed by atoms with van der Waals surface area (Å²) in [6, 6.07) is 2.45. The van der Waals surface area contributed by atoms with Gasteiger partial charge in [-0.1, -0.05) is 0 Å². The Bertz CT molecular complexity index is 913. The fraction of sp³-hybridized carbons (Fsp3) is 0.522. The maximum Gasteiger partial charge on any atom is 0.355 e. The van der Waals surface area contributed by atoms with Crippen LogP contribution < -0.4 is 0 Å². The molecule has 170 valence electrons. The summed E-state index contributed by atoms with van der Waals surface area (Å²) in [6.07, 6.45) is 2.01. The van der Waals surface area contributed by atoms with Crippen molar-refractivity contribution in [2.75, 3.05) is 26.4 Å². The van der Waals surface area contributed by atoms with E-state index in [1.807, 2.05) is 6.92 Å². The lowest BCUT2D eigenvalue weighted by molar-refractivity contribution is 0.0513. The molecule has 1 atom stereocenters. The van der Waals surface area contributed by atoms with Gasteiger partial charge in [-0.2, -0.15) is 0 Å². The van der Waals surface area contributed by atoms with Gasteiger partial charge in [-0.15, -0.1) is 0 Å². The Labute approximate surface area is 183 Å². The smallest absolute Gasteiger partial charge is 0.355 e. The van der Waals surface area contributed by atoms with Crippen molar-refractivity contribution < 1.29 is 28.3 Å². The third-order valence-corrected chi connectivity index (χ3v) is 5.38. The standard InChI is InChI=1S/C23H32N2O6/c1-7-29-13-10-12-25(22(27)18-11-9-14-31-18)17(5)21(26)19-15(3)20(23(28)30-8-2)24(6)16(19)4/h9,11,14,17H,7-8,10,12-13H2,1-6H3. The van der Waals surface area contributed by atoms with Crippen LogP contribution in [0.4, 0.5) is 0 Å². The van der Waals surface area contributed by atoms with E-state index in [2.05, 4.69) is 0 Å². The Morgan fingerprint density at radius 2 is 1.90 bits per heavy atom. The molecule has 0 fully saturated rings. The van der Waals surface area contributed by atoms with Gasteiger partial charge in [0, 0.05) is 38.1 Å². The molecule has 8 nitrogen and oxygen atoms in total. The number of ether oxygens (including phenoxy) is 2. The maximum atomic E-state index is 13.5. The van der Waals surface area contributed by atoms with Crippen molar-refractivity contribution in [2.24, 2.45) is 7.05 Å². The maximum absolute atomic E-state index is 13.5. The normalized spacial score (nSPS) is 11.9. The molecule has 0 spiro atoms. The zero-order valence-electron chi connectivity index (χ0n) is 19.2. The molecule has 0 aromatic carbocycles. The fourth-order valence-electron chi connectivity index (χ4n) is 3.67. The van der Waals surface area contributed by atoms with Gasteiger partial charge in [-0.05, 0) is 58.7 Å². The van der Waals surface area contributed by atoms with E-state index in [0.717, 1.165) is 0 Å². The summed E-state index contributed by atoms with van der Waals surface area (Å²) in [4.78, 5) is 40.5. The van der Waals surface area contributed by atoms with Crippen molar-refractivity contribution in [3.8, 4) is 0 Å². The van der Waals surface area contributed by atoms with Gasteiger partial charge >= 0.3 is 5.97 Å². The zero-order valence-corrected chi connectivity index (χ0v) is 19.2. The van der Waals surface area contributed by atoms with Crippen LogP contribution in [0, 0.1) is 13.8 Å². The molecule has 31 heavy (non-hydrogen) atoms. The summed E-state index contributed by atoms with van der Waals surface area (Å²) >= 11 is 0. The number of hydrogen-bond acceptors (Lipinski definition) is 6. The molecular formula is C23H32N2O6. The quantitative estimate of drug-likeness (QED) is 0.306. The van der Waals surface area contributed by atoms with Gasteiger partial charge in [0.05, 0.1) is 18.9 Å². The van der Waals surface area contributed by atoms with E-state index in [9.17, 15) is 14.4 Å². The number of esters is 1. The van der Waals surface area contributed by atoms with Crippen LogP contribution in [-0.4, -0.2) is 59.5 Å². The van der Waals surface area contributed by atoms with Gasteiger partial charge in [-0.3, -0.25) is 9.59 Å². The minimum Gasteiger partial charge on any atom is -0.461 e. The number of aromatic nitrogens is 1. The van der Waals surface area contributed by atoms with E-state index >= 15 is 0 Å². The molecule has 0 bridgehead atoms. The van der Waals surface area contributed by atoms with Gasteiger partial charge in [0.1, 0.15) is 5.69 Å². The van der Waals surface area contributed by atoms with Crippen molar-refractivity contribution >= 4 is 17.7 Å². The molecule has 0 radical (unpaired) electrons. The Balaban J connectivity index is 2.37. The molecule has 0 aliphatic carbocycles. The number of rotatable bonds is 11. The lowest BCUT2D eigenvalue weighted by atomic mass is 9.99. The molecular weight excluding hydrogens is 400 g/mol. The molecule has 2 aromatic rings. The molecule has 0 aliphatic rings. The van der Waals surface area contributed by atoms with Crippen molar-refractivity contribution in [2.45, 2.75) is 47.1 Å². The van der Waals surface area contributed by atoms with Gasteiger partial charge in [0.2, 0.25) is 0 Å². The topological polar surface area (TPSA) is 91.0 Å². The monoisotopic (exact) mass is 432 g/mol. The summed E-state index contributed by atoms with van der Waals surface area (Å²) < 4.78 is 17.5. The largest absolute Gasteiger partial charge is 0.461 e. The van der Waals surface area contributed by atoms with E-state index in [-0.39, 0.29) is 24.1 Å². The Morgan fingerprint density at radius 3 is 2.48 bits per heavy atom. The molecule has 1 unspecified atom stereocenters. The number of furan rings is 1. The first-order valence-electron chi connectivity index (χ1n) is 10.6. The predicted octanol–water partition coefficient (Wildman–Crippen LogP) is 3.55. The number of carbonyl (C=O) groups excluding carboxylic acids is 3. The van der Waals surface area contributed by atoms with Crippen LogP contribution in [-0.2, 0) is 16.5 Å². The molecule has 1 amide bonds. The summed E-state index contributed by atoms with van der Waals surface area (Å²) in [7, 11) is 1.73. The van der Waals surface area contributed by atoms with Crippen LogP contribution in [0.3, 0.4) is 0 Å². The minimum atomic E-state index is -0.755. The number of nitrogens with zero attached hydrogens (tertiary/aromatic N) is 2. The number of amides is 1. The Hall–Kier alpha value is -2.87. The summed E-state index contributed by atoms with van der Waals surface area (Å²) in [6.45, 7) is 10.5. The van der Waals surface area contributed by atoms with E-state index in [4.69, 9.17) is 13.9 Å². The first kappa shape index (κ1) is 24.4. The van der Waals surface area contributed by atoms with Crippen LogP contribution in [0.25, 0.3) is 0 Å². The molecule has 2 heterocycles. The third-order valence-electron chi connectivity index (χ3n) is 5.38. The first-order chi connectivity index (χ1) is 14.8. The van der Waals surface area contributed by atoms with Crippen LogP contribution >= 0.6 is 0 Å². The molecule has 2 aromatic heterocycles. The fourth-order valence-corrected chi connectivity index (χ4v) is 3.67. The van der Waals surface area contributed by atoms with Crippen LogP contribution in [0.2, 0.25) is 0 Å². The molecule has 0 saturated carbocycles. The Morgan fingerprint density at radius 1 is 1.19 bits per heavy atom. The average Bonchev–Trinajstić information content (AvgIpc) is 3.34. The highest BCUT2D eigenvalue weighted by molar-refractivity contribution is 6.07. The van der Waals surface area contributed by atoms with Gasteiger partial charge < -0.3 is 23.4 Å². The second-order valence-corrected chi connectivity index (χ2v) is 7.28. The second-order valence-electron chi connectivity index (χ2n) is 7.28. The van der Waals surface area contributed by atoms with Gasteiger partial charge in [0.15, 0.2) is 11.5 Å². The van der Waals surface area contributed by atoms with Gasteiger partial charge in [-0.25, -0.2) is 4.79 Å².